The van der Waals surface area contributed by atoms with Crippen LogP contribution in [0.2, 0.25) is 0 Å². The lowest BCUT2D eigenvalue weighted by Gasteiger charge is -1.93. The van der Waals surface area contributed by atoms with Crippen LogP contribution in [0, 0.1) is 0 Å². The number of nitrogens with one attached hydrogen (secondary N) is 1. The molecule has 3 heteroatoms. The summed E-state index contributed by atoms with van der Waals surface area (Å²) in [7, 11) is 0. The second kappa shape index (κ2) is 3.00. The van der Waals surface area contributed by atoms with Crippen LogP contribution in [0.3, 0.4) is 0 Å². The Kier molecular flexibility index (Phi) is 1.76. The van der Waals surface area contributed by atoms with E-state index >= 15 is 0 Å². The molecule has 2 aromatic carbocycles. The molecule has 3 aromatic rings. The van der Waals surface area contributed by atoms with E-state index in [0.29, 0.717) is 5.75 Å². The number of rotatable bonds is 0. The number of hydrogen-bond donors (Lipinski definition) is 2. The van der Waals surface area contributed by atoms with E-state index in [-0.39, 0.29) is 0 Å². The van der Waals surface area contributed by atoms with E-state index < -0.39 is 0 Å². The number of phenols is 1. The fourth-order valence-electron chi connectivity index (χ4n) is 1.86. The van der Waals surface area contributed by atoms with Crippen LogP contribution in [-0.4, -0.2) is 10.1 Å². The Balaban J connectivity index is 2.55. The molecule has 0 aliphatic rings. The molecule has 0 fully saturated rings. The van der Waals surface area contributed by atoms with Gasteiger partial charge in [-0.25, -0.2) is 0 Å². The normalized spacial score (nSPS) is 11.3. The summed E-state index contributed by atoms with van der Waals surface area (Å²) in [5.74, 6) is 0.295. The third-order valence-corrected chi connectivity index (χ3v) is 3.04. The van der Waals surface area contributed by atoms with E-state index in [9.17, 15) is 5.11 Å². The largest absolute Gasteiger partial charge is 0.508 e. The highest BCUT2D eigenvalue weighted by atomic mass is 79.9. The van der Waals surface area contributed by atoms with E-state index in [1.165, 1.54) is 0 Å². The quantitative estimate of drug-likeness (QED) is 0.635. The molecule has 2 nitrogen and oxygen atoms in total. The van der Waals surface area contributed by atoms with Crippen molar-refractivity contribution < 1.29 is 5.11 Å². The number of phenolic OH excluding ortho intramolecular Hbond substituents is 1. The number of hydrogen-bond acceptors (Lipinski definition) is 1. The molecule has 2 N–H and O–H groups in total. The van der Waals surface area contributed by atoms with Gasteiger partial charge in [-0.3, -0.25) is 0 Å². The molecule has 74 valence electrons. The minimum atomic E-state index is 0.295. The van der Waals surface area contributed by atoms with Crippen molar-refractivity contribution in [1.82, 2.24) is 4.98 Å². The van der Waals surface area contributed by atoms with Crippen molar-refractivity contribution >= 4 is 37.7 Å². The maximum atomic E-state index is 9.45. The van der Waals surface area contributed by atoms with Gasteiger partial charge in [0, 0.05) is 26.3 Å². The van der Waals surface area contributed by atoms with Crippen LogP contribution in [0.1, 0.15) is 0 Å². The molecule has 0 unspecified atom stereocenters. The predicted octanol–water partition coefficient (Wildman–Crippen LogP) is 3.79. The molecule has 0 aliphatic heterocycles. The Hall–Kier alpha value is -1.48. The maximum Gasteiger partial charge on any atom is 0.116 e. The Morgan fingerprint density at radius 3 is 2.40 bits per heavy atom. The highest BCUT2D eigenvalue weighted by Gasteiger charge is 2.04. The Morgan fingerprint density at radius 2 is 1.60 bits per heavy atom. The Bertz CT molecular complexity index is 601. The van der Waals surface area contributed by atoms with E-state index in [0.717, 1.165) is 26.3 Å². The van der Waals surface area contributed by atoms with Gasteiger partial charge in [0.15, 0.2) is 0 Å². The zero-order chi connectivity index (χ0) is 10.4. The van der Waals surface area contributed by atoms with Crippen molar-refractivity contribution in [3.05, 3.63) is 40.9 Å². The summed E-state index contributed by atoms with van der Waals surface area (Å²) in [5.41, 5.74) is 2.12. The van der Waals surface area contributed by atoms with Crippen LogP contribution < -0.4 is 0 Å². The van der Waals surface area contributed by atoms with Gasteiger partial charge < -0.3 is 10.1 Å². The number of aromatic amines is 1. The van der Waals surface area contributed by atoms with Crippen molar-refractivity contribution in [2.45, 2.75) is 0 Å². The van der Waals surface area contributed by atoms with Gasteiger partial charge in [0.05, 0.1) is 0 Å². The van der Waals surface area contributed by atoms with Crippen molar-refractivity contribution in [3.8, 4) is 5.75 Å². The SMILES string of the molecule is Oc1ccc2[nH]c3ccc(Br)cc3c2c1. The van der Waals surface area contributed by atoms with Gasteiger partial charge in [-0.15, -0.1) is 0 Å². The maximum absolute atomic E-state index is 9.45. The first-order chi connectivity index (χ1) is 7.24. The molecule has 15 heavy (non-hydrogen) atoms. The Morgan fingerprint density at radius 1 is 0.933 bits per heavy atom. The van der Waals surface area contributed by atoms with Crippen LogP contribution >= 0.6 is 15.9 Å². The molecule has 0 aliphatic carbocycles. The minimum absolute atomic E-state index is 0.295. The molecule has 0 radical (unpaired) electrons. The first kappa shape index (κ1) is 8.80. The first-order valence-electron chi connectivity index (χ1n) is 4.64. The lowest BCUT2D eigenvalue weighted by molar-refractivity contribution is 0.476. The van der Waals surface area contributed by atoms with E-state index in [4.69, 9.17) is 0 Å². The van der Waals surface area contributed by atoms with Crippen LogP contribution in [-0.2, 0) is 0 Å². The number of halogens is 1. The summed E-state index contributed by atoms with van der Waals surface area (Å²) in [6.07, 6.45) is 0. The molecule has 3 rings (SSSR count). The van der Waals surface area contributed by atoms with Gasteiger partial charge in [0.25, 0.3) is 0 Å². The predicted molar refractivity (Wildman–Crippen MR) is 65.2 cm³/mol. The van der Waals surface area contributed by atoms with Crippen molar-refractivity contribution in [1.29, 1.82) is 0 Å². The van der Waals surface area contributed by atoms with Gasteiger partial charge in [0.1, 0.15) is 5.75 Å². The summed E-state index contributed by atoms with van der Waals surface area (Å²) >= 11 is 3.44. The van der Waals surface area contributed by atoms with Gasteiger partial charge in [-0.1, -0.05) is 15.9 Å². The third kappa shape index (κ3) is 1.31. The van der Waals surface area contributed by atoms with Crippen molar-refractivity contribution in [3.63, 3.8) is 0 Å². The zero-order valence-corrected chi connectivity index (χ0v) is 9.38. The average molecular weight is 262 g/mol. The van der Waals surface area contributed by atoms with Gasteiger partial charge in [-0.05, 0) is 36.4 Å². The second-order valence-corrected chi connectivity index (χ2v) is 4.46. The molecule has 1 aromatic heterocycles. The monoisotopic (exact) mass is 261 g/mol. The number of fused-ring (bicyclic) bond motifs is 3. The summed E-state index contributed by atoms with van der Waals surface area (Å²) in [5, 5.41) is 11.6. The molecule has 0 saturated heterocycles. The van der Waals surface area contributed by atoms with Crippen LogP contribution in [0.5, 0.6) is 5.75 Å². The molecule has 0 bridgehead atoms. The van der Waals surface area contributed by atoms with E-state index in [2.05, 4.69) is 20.9 Å². The number of benzene rings is 2. The first-order valence-corrected chi connectivity index (χ1v) is 5.43. The van der Waals surface area contributed by atoms with Crippen molar-refractivity contribution in [2.24, 2.45) is 0 Å². The smallest absolute Gasteiger partial charge is 0.116 e. The topological polar surface area (TPSA) is 36.0 Å². The number of aromatic nitrogens is 1. The number of H-pyrrole nitrogens is 1. The van der Waals surface area contributed by atoms with E-state index in [1.807, 2.05) is 24.3 Å². The number of aromatic hydroxyl groups is 1. The van der Waals surface area contributed by atoms with Gasteiger partial charge in [0.2, 0.25) is 0 Å². The zero-order valence-electron chi connectivity index (χ0n) is 7.79. The van der Waals surface area contributed by atoms with Gasteiger partial charge in [-0.2, -0.15) is 0 Å². The second-order valence-electron chi connectivity index (χ2n) is 3.54. The standard InChI is InChI=1S/C12H8BrNO/c13-7-1-3-11-9(5-7)10-6-8(15)2-4-12(10)14-11/h1-6,14-15H. The lowest BCUT2D eigenvalue weighted by atomic mass is 10.1. The fourth-order valence-corrected chi connectivity index (χ4v) is 2.22. The average Bonchev–Trinajstić information content (AvgIpc) is 2.56. The molecule has 0 saturated carbocycles. The van der Waals surface area contributed by atoms with E-state index in [1.54, 1.807) is 12.1 Å². The Labute approximate surface area is 94.7 Å². The summed E-state index contributed by atoms with van der Waals surface area (Å²) in [4.78, 5) is 3.30. The minimum Gasteiger partial charge on any atom is -0.508 e. The third-order valence-electron chi connectivity index (χ3n) is 2.54. The van der Waals surface area contributed by atoms with Crippen LogP contribution in [0.4, 0.5) is 0 Å². The fraction of sp³-hybridized carbons (Fsp3) is 0. The molecular formula is C12H8BrNO. The van der Waals surface area contributed by atoms with Crippen molar-refractivity contribution in [2.75, 3.05) is 0 Å². The molecule has 0 amide bonds. The highest BCUT2D eigenvalue weighted by molar-refractivity contribution is 9.10. The molecule has 0 atom stereocenters. The summed E-state index contributed by atoms with van der Waals surface area (Å²) in [6, 6.07) is 11.4. The van der Waals surface area contributed by atoms with Crippen LogP contribution in [0.25, 0.3) is 21.8 Å². The molecule has 0 spiro atoms. The summed E-state index contributed by atoms with van der Waals surface area (Å²) < 4.78 is 1.04. The lowest BCUT2D eigenvalue weighted by Crippen LogP contribution is -1.67. The van der Waals surface area contributed by atoms with Gasteiger partial charge >= 0.3 is 0 Å². The molecular weight excluding hydrogens is 254 g/mol. The van der Waals surface area contributed by atoms with Crippen LogP contribution in [0.15, 0.2) is 40.9 Å². The summed E-state index contributed by atoms with van der Waals surface area (Å²) in [6.45, 7) is 0. The molecule has 1 heterocycles. The highest BCUT2D eigenvalue weighted by Crippen LogP contribution is 2.29.